The number of aliphatic hydroxyl groups is 2. The molecule has 0 saturated carbocycles. The van der Waals surface area contributed by atoms with Crippen molar-refractivity contribution in [1.29, 1.82) is 0 Å². The van der Waals surface area contributed by atoms with Crippen molar-refractivity contribution in [2.75, 3.05) is 6.61 Å². The molecule has 1 fully saturated rings. The van der Waals surface area contributed by atoms with Crippen LogP contribution in [0.2, 0.25) is 0 Å². The Balaban J connectivity index is 0.000000980. The standard InChI is InChI=1S/C9H14O4.Y/c1-9(2)12-7-5(4-10)3-6(11)8(7)13-9;/h3,6-8,10-11H,4H2,1-2H3;/t6-,7-,8+;/m0./s1. The van der Waals surface area contributed by atoms with E-state index in [1.165, 1.54) is 0 Å². The van der Waals surface area contributed by atoms with Crippen LogP contribution in [0.1, 0.15) is 13.8 Å². The Morgan fingerprint density at radius 1 is 1.43 bits per heavy atom. The molecule has 2 N–H and O–H groups in total. The maximum absolute atomic E-state index is 9.54. The largest absolute Gasteiger partial charge is 0.392 e. The molecule has 1 aliphatic heterocycles. The summed E-state index contributed by atoms with van der Waals surface area (Å²) in [7, 11) is 0. The molecule has 0 aromatic heterocycles. The average Bonchev–Trinajstić information content (AvgIpc) is 2.47. The first-order valence-corrected chi connectivity index (χ1v) is 4.38. The second-order valence-electron chi connectivity index (χ2n) is 3.91. The van der Waals surface area contributed by atoms with Crippen LogP contribution < -0.4 is 0 Å². The van der Waals surface area contributed by atoms with Gasteiger partial charge in [-0.2, -0.15) is 0 Å². The molecule has 5 heteroatoms. The maximum atomic E-state index is 9.54. The zero-order valence-corrected chi connectivity index (χ0v) is 11.1. The number of rotatable bonds is 1. The Kier molecular flexibility index (Phi) is 3.90. The van der Waals surface area contributed by atoms with Gasteiger partial charge in [-0.3, -0.25) is 0 Å². The molecule has 3 atom stereocenters. The molecule has 1 saturated heterocycles. The van der Waals surface area contributed by atoms with Crippen molar-refractivity contribution < 1.29 is 52.4 Å². The van der Waals surface area contributed by atoms with Gasteiger partial charge in [-0.05, 0) is 25.5 Å². The Bertz CT molecular complexity index is 251. The summed E-state index contributed by atoms with van der Waals surface area (Å²) >= 11 is 0. The molecule has 0 amide bonds. The van der Waals surface area contributed by atoms with Crippen molar-refractivity contribution in [3.05, 3.63) is 11.6 Å². The summed E-state index contributed by atoms with van der Waals surface area (Å²) in [6, 6.07) is 0. The number of hydrogen-bond acceptors (Lipinski definition) is 4. The molecule has 0 bridgehead atoms. The fourth-order valence-electron chi connectivity index (χ4n) is 1.88. The normalized spacial score (nSPS) is 38.9. The van der Waals surface area contributed by atoms with E-state index in [1.807, 2.05) is 0 Å². The van der Waals surface area contributed by atoms with E-state index in [1.54, 1.807) is 19.9 Å². The molecule has 2 rings (SSSR count). The summed E-state index contributed by atoms with van der Waals surface area (Å²) in [6.07, 6.45) is 0.311. The van der Waals surface area contributed by atoms with Crippen LogP contribution in [0.25, 0.3) is 0 Å². The molecule has 1 radical (unpaired) electrons. The van der Waals surface area contributed by atoms with Crippen molar-refractivity contribution in [2.24, 2.45) is 0 Å². The minimum Gasteiger partial charge on any atom is -0.392 e. The first kappa shape index (κ1) is 12.8. The van der Waals surface area contributed by atoms with Crippen molar-refractivity contribution >= 4 is 0 Å². The third-order valence-corrected chi connectivity index (χ3v) is 2.40. The van der Waals surface area contributed by atoms with Crippen molar-refractivity contribution in [2.45, 2.75) is 37.9 Å². The smallest absolute Gasteiger partial charge is 0.164 e. The van der Waals surface area contributed by atoms with Gasteiger partial charge in [-0.15, -0.1) is 0 Å². The molecule has 14 heavy (non-hydrogen) atoms. The van der Waals surface area contributed by atoms with E-state index in [2.05, 4.69) is 0 Å². The van der Waals surface area contributed by atoms with Crippen LogP contribution in [-0.4, -0.2) is 40.9 Å². The van der Waals surface area contributed by atoms with Crippen molar-refractivity contribution in [3.8, 4) is 0 Å². The summed E-state index contributed by atoms with van der Waals surface area (Å²) in [5.41, 5.74) is 0.711. The van der Waals surface area contributed by atoms with Gasteiger partial charge in [-0.25, -0.2) is 0 Å². The molecular weight excluding hydrogens is 261 g/mol. The van der Waals surface area contributed by atoms with Crippen LogP contribution in [-0.2, 0) is 42.2 Å². The van der Waals surface area contributed by atoms with Crippen LogP contribution in [0.4, 0.5) is 0 Å². The first-order valence-electron chi connectivity index (χ1n) is 4.38. The maximum Gasteiger partial charge on any atom is 0.164 e. The second-order valence-corrected chi connectivity index (χ2v) is 3.91. The third kappa shape index (κ3) is 2.10. The van der Waals surface area contributed by atoms with Crippen LogP contribution in [0, 0.1) is 0 Å². The van der Waals surface area contributed by atoms with Gasteiger partial charge in [0.1, 0.15) is 18.3 Å². The minimum absolute atomic E-state index is 0. The monoisotopic (exact) mass is 275 g/mol. The predicted molar refractivity (Wildman–Crippen MR) is 45.0 cm³/mol. The summed E-state index contributed by atoms with van der Waals surface area (Å²) < 4.78 is 11.0. The van der Waals surface area contributed by atoms with Crippen LogP contribution in [0.15, 0.2) is 11.6 Å². The van der Waals surface area contributed by atoms with E-state index < -0.39 is 11.9 Å². The molecule has 0 aromatic carbocycles. The van der Waals surface area contributed by atoms with E-state index in [4.69, 9.17) is 14.6 Å². The molecule has 0 spiro atoms. The second kappa shape index (κ2) is 4.28. The van der Waals surface area contributed by atoms with E-state index in [-0.39, 0.29) is 51.5 Å². The number of fused-ring (bicyclic) bond motifs is 1. The van der Waals surface area contributed by atoms with Gasteiger partial charge in [0.25, 0.3) is 0 Å². The third-order valence-electron chi connectivity index (χ3n) is 2.40. The zero-order valence-electron chi connectivity index (χ0n) is 8.30. The average molecular weight is 275 g/mol. The molecule has 77 valence electrons. The molecule has 0 unspecified atom stereocenters. The molecule has 1 heterocycles. The SMILES string of the molecule is CC1(C)O[C@@H]2[C@@H](O)C=C(CO)[C@@H]2O1.[Y]. The van der Waals surface area contributed by atoms with E-state index >= 15 is 0 Å². The van der Waals surface area contributed by atoms with Gasteiger partial charge in [0.05, 0.1) is 6.61 Å². The molecule has 2 aliphatic rings. The summed E-state index contributed by atoms with van der Waals surface area (Å²) in [6.45, 7) is 3.51. The number of ether oxygens (including phenoxy) is 2. The van der Waals surface area contributed by atoms with Gasteiger partial charge in [0.2, 0.25) is 0 Å². The summed E-state index contributed by atoms with van der Waals surface area (Å²) in [5, 5.41) is 18.5. The Morgan fingerprint density at radius 2 is 2.07 bits per heavy atom. The fourth-order valence-corrected chi connectivity index (χ4v) is 1.88. The van der Waals surface area contributed by atoms with Gasteiger partial charge >= 0.3 is 0 Å². The Labute approximate surface area is 108 Å². The van der Waals surface area contributed by atoms with Gasteiger partial charge in [0.15, 0.2) is 5.79 Å². The zero-order chi connectivity index (χ0) is 9.64. The summed E-state index contributed by atoms with van der Waals surface area (Å²) in [4.78, 5) is 0. The quantitative estimate of drug-likeness (QED) is 0.651. The number of aliphatic hydroxyl groups excluding tert-OH is 2. The Hall–Kier alpha value is 0.684. The van der Waals surface area contributed by atoms with Crippen LogP contribution >= 0.6 is 0 Å². The number of hydrogen-bond donors (Lipinski definition) is 2. The van der Waals surface area contributed by atoms with E-state index in [0.29, 0.717) is 5.57 Å². The van der Waals surface area contributed by atoms with Crippen molar-refractivity contribution in [3.63, 3.8) is 0 Å². The molecule has 0 aromatic rings. The van der Waals surface area contributed by atoms with Gasteiger partial charge in [-0.1, -0.05) is 0 Å². The molecule has 1 aliphatic carbocycles. The molecule has 4 nitrogen and oxygen atoms in total. The first-order chi connectivity index (χ1) is 6.03. The molecular formula is C9H14O4Y. The van der Waals surface area contributed by atoms with Crippen LogP contribution in [0.5, 0.6) is 0 Å². The topological polar surface area (TPSA) is 58.9 Å². The van der Waals surface area contributed by atoms with Crippen LogP contribution in [0.3, 0.4) is 0 Å². The van der Waals surface area contributed by atoms with Gasteiger partial charge in [0, 0.05) is 32.7 Å². The van der Waals surface area contributed by atoms with Gasteiger partial charge < -0.3 is 19.7 Å². The van der Waals surface area contributed by atoms with E-state index in [0.717, 1.165) is 0 Å². The van der Waals surface area contributed by atoms with E-state index in [9.17, 15) is 5.11 Å². The Morgan fingerprint density at radius 3 is 2.64 bits per heavy atom. The predicted octanol–water partition coefficient (Wildman–Crippen LogP) is -0.203. The fraction of sp³-hybridized carbons (Fsp3) is 0.778. The van der Waals surface area contributed by atoms with Crippen molar-refractivity contribution in [1.82, 2.24) is 0 Å². The minimum atomic E-state index is -0.662. The summed E-state index contributed by atoms with van der Waals surface area (Å²) in [5.74, 6) is -0.662.